The van der Waals surface area contributed by atoms with Gasteiger partial charge in [-0.05, 0) is 30.7 Å². The minimum atomic E-state index is -0.114. The first-order chi connectivity index (χ1) is 14.7. The zero-order valence-corrected chi connectivity index (χ0v) is 17.7. The van der Waals surface area contributed by atoms with Crippen LogP contribution in [0.1, 0.15) is 35.3 Å². The van der Waals surface area contributed by atoms with Gasteiger partial charge in [-0.25, -0.2) is 4.98 Å². The summed E-state index contributed by atoms with van der Waals surface area (Å²) in [6.07, 6.45) is 4.57. The standard InChI is InChI=1S/C23H31N5O2/c1-27(11-10-18-6-3-2-4-7-18)23-25-20(22(29)24-17-19-8-5-9-19)16-21(26-23)28-12-14-30-15-13-28/h2-4,6-7,16,19H,5,8-15,17H2,1H3,(H,24,29). The van der Waals surface area contributed by atoms with E-state index in [1.54, 1.807) is 0 Å². The molecular weight excluding hydrogens is 378 g/mol. The van der Waals surface area contributed by atoms with Gasteiger partial charge >= 0.3 is 0 Å². The summed E-state index contributed by atoms with van der Waals surface area (Å²) in [6, 6.07) is 12.2. The summed E-state index contributed by atoms with van der Waals surface area (Å²) in [5, 5.41) is 3.06. The minimum absolute atomic E-state index is 0.114. The Hall–Kier alpha value is -2.67. The molecule has 0 unspecified atom stereocenters. The molecule has 2 heterocycles. The topological polar surface area (TPSA) is 70.6 Å². The van der Waals surface area contributed by atoms with Crippen molar-refractivity contribution in [3.05, 3.63) is 47.7 Å². The molecule has 1 amide bonds. The van der Waals surface area contributed by atoms with Crippen LogP contribution >= 0.6 is 0 Å². The third-order valence-corrected chi connectivity index (χ3v) is 5.96. The van der Waals surface area contributed by atoms with E-state index in [-0.39, 0.29) is 5.91 Å². The van der Waals surface area contributed by atoms with Crippen molar-refractivity contribution in [2.75, 3.05) is 56.2 Å². The average molecular weight is 410 g/mol. The number of carbonyl (C=O) groups is 1. The Labute approximate surface area is 178 Å². The van der Waals surface area contributed by atoms with Gasteiger partial charge in [0.25, 0.3) is 5.91 Å². The van der Waals surface area contributed by atoms with Gasteiger partial charge in [0.05, 0.1) is 13.2 Å². The van der Waals surface area contributed by atoms with Gasteiger partial charge in [0, 0.05) is 39.3 Å². The maximum Gasteiger partial charge on any atom is 0.270 e. The molecule has 2 aromatic rings. The number of rotatable bonds is 8. The van der Waals surface area contributed by atoms with Gasteiger partial charge < -0.3 is 19.9 Å². The van der Waals surface area contributed by atoms with E-state index >= 15 is 0 Å². The molecule has 0 radical (unpaired) electrons. The Morgan fingerprint density at radius 3 is 2.67 bits per heavy atom. The number of likely N-dealkylation sites (N-methyl/N-ethyl adjacent to an activating group) is 1. The van der Waals surface area contributed by atoms with Gasteiger partial charge in [-0.1, -0.05) is 36.8 Å². The highest BCUT2D eigenvalue weighted by Gasteiger charge is 2.21. The number of morpholine rings is 1. The first-order valence-corrected chi connectivity index (χ1v) is 10.9. The Morgan fingerprint density at radius 1 is 1.20 bits per heavy atom. The lowest BCUT2D eigenvalue weighted by Gasteiger charge is -2.29. The van der Waals surface area contributed by atoms with E-state index in [4.69, 9.17) is 9.72 Å². The van der Waals surface area contributed by atoms with Crippen molar-refractivity contribution >= 4 is 17.7 Å². The van der Waals surface area contributed by atoms with Crippen molar-refractivity contribution in [3.8, 4) is 0 Å². The van der Waals surface area contributed by atoms with Gasteiger partial charge in [0.1, 0.15) is 11.5 Å². The lowest BCUT2D eigenvalue weighted by molar-refractivity contribution is 0.0934. The summed E-state index contributed by atoms with van der Waals surface area (Å²) < 4.78 is 5.47. The minimum Gasteiger partial charge on any atom is -0.378 e. The van der Waals surface area contributed by atoms with E-state index < -0.39 is 0 Å². The third kappa shape index (κ3) is 5.27. The smallest absolute Gasteiger partial charge is 0.270 e. The summed E-state index contributed by atoms with van der Waals surface area (Å²) in [4.78, 5) is 26.4. The summed E-state index contributed by atoms with van der Waals surface area (Å²) in [5.41, 5.74) is 1.71. The molecule has 1 aliphatic carbocycles. The SMILES string of the molecule is CN(CCc1ccccc1)c1nc(C(=O)NCC2CCC2)cc(N2CCOCC2)n1. The summed E-state index contributed by atoms with van der Waals surface area (Å²) >= 11 is 0. The highest BCUT2D eigenvalue weighted by Crippen LogP contribution is 2.25. The number of aromatic nitrogens is 2. The molecule has 1 aromatic heterocycles. The van der Waals surface area contributed by atoms with E-state index in [0.717, 1.165) is 38.4 Å². The molecule has 1 aliphatic heterocycles. The molecule has 2 fully saturated rings. The lowest BCUT2D eigenvalue weighted by Crippen LogP contribution is -2.38. The quantitative estimate of drug-likeness (QED) is 0.723. The highest BCUT2D eigenvalue weighted by atomic mass is 16.5. The van der Waals surface area contributed by atoms with Crippen LogP contribution in [0.25, 0.3) is 0 Å². The predicted molar refractivity (Wildman–Crippen MR) is 118 cm³/mol. The first-order valence-electron chi connectivity index (χ1n) is 10.9. The summed E-state index contributed by atoms with van der Waals surface area (Å²) in [7, 11) is 1.98. The molecule has 4 rings (SSSR count). The van der Waals surface area contributed by atoms with E-state index in [1.165, 1.54) is 24.8 Å². The Bertz CT molecular complexity index is 835. The van der Waals surface area contributed by atoms with Crippen molar-refractivity contribution < 1.29 is 9.53 Å². The van der Waals surface area contributed by atoms with Crippen LogP contribution in [0.5, 0.6) is 0 Å². The van der Waals surface area contributed by atoms with Crippen LogP contribution in [-0.4, -0.2) is 62.3 Å². The number of hydrogen-bond donors (Lipinski definition) is 1. The lowest BCUT2D eigenvalue weighted by atomic mass is 9.85. The van der Waals surface area contributed by atoms with Crippen LogP contribution in [0, 0.1) is 5.92 Å². The predicted octanol–water partition coefficient (Wildman–Crippen LogP) is 2.52. The number of anilines is 2. The van der Waals surface area contributed by atoms with Gasteiger partial charge in [-0.3, -0.25) is 4.79 Å². The highest BCUT2D eigenvalue weighted by molar-refractivity contribution is 5.93. The Kier molecular flexibility index (Phi) is 6.79. The maximum absolute atomic E-state index is 12.8. The second kappa shape index (κ2) is 9.89. The number of hydrogen-bond acceptors (Lipinski definition) is 6. The molecule has 1 N–H and O–H groups in total. The molecule has 7 heteroatoms. The van der Waals surface area contributed by atoms with Crippen LogP contribution in [0.3, 0.4) is 0 Å². The maximum atomic E-state index is 12.8. The van der Waals surface area contributed by atoms with Crippen molar-refractivity contribution in [2.45, 2.75) is 25.7 Å². The molecule has 2 aliphatic rings. The monoisotopic (exact) mass is 409 g/mol. The molecule has 0 atom stereocenters. The van der Waals surface area contributed by atoms with Gasteiger partial charge in [-0.2, -0.15) is 4.98 Å². The van der Waals surface area contributed by atoms with Crippen molar-refractivity contribution in [2.24, 2.45) is 5.92 Å². The largest absolute Gasteiger partial charge is 0.378 e. The van der Waals surface area contributed by atoms with Gasteiger partial charge in [0.2, 0.25) is 5.95 Å². The molecule has 160 valence electrons. The number of benzene rings is 1. The zero-order valence-electron chi connectivity index (χ0n) is 17.7. The molecule has 7 nitrogen and oxygen atoms in total. The summed E-state index contributed by atoms with van der Waals surface area (Å²) in [5.74, 6) is 1.88. The number of carbonyl (C=O) groups excluding carboxylic acids is 1. The van der Waals surface area contributed by atoms with E-state index in [0.29, 0.717) is 30.8 Å². The first kappa shape index (κ1) is 20.6. The number of nitrogens with one attached hydrogen (secondary N) is 1. The molecule has 1 aromatic carbocycles. The Balaban J connectivity index is 1.50. The zero-order chi connectivity index (χ0) is 20.8. The second-order valence-corrected chi connectivity index (χ2v) is 8.17. The average Bonchev–Trinajstić information content (AvgIpc) is 2.77. The van der Waals surface area contributed by atoms with Crippen LogP contribution in [0.4, 0.5) is 11.8 Å². The van der Waals surface area contributed by atoms with E-state index in [1.807, 2.05) is 24.1 Å². The van der Waals surface area contributed by atoms with Crippen molar-refractivity contribution in [1.29, 1.82) is 0 Å². The molecule has 1 saturated carbocycles. The molecule has 1 saturated heterocycles. The van der Waals surface area contributed by atoms with Gasteiger partial charge in [0.15, 0.2) is 0 Å². The van der Waals surface area contributed by atoms with E-state index in [9.17, 15) is 4.79 Å². The Morgan fingerprint density at radius 2 is 1.97 bits per heavy atom. The number of nitrogens with zero attached hydrogens (tertiary/aromatic N) is 4. The fourth-order valence-electron chi connectivity index (χ4n) is 3.73. The van der Waals surface area contributed by atoms with Crippen LogP contribution < -0.4 is 15.1 Å². The van der Waals surface area contributed by atoms with Crippen LogP contribution in [0.2, 0.25) is 0 Å². The summed E-state index contributed by atoms with van der Waals surface area (Å²) in [6.45, 7) is 4.40. The van der Waals surface area contributed by atoms with Gasteiger partial charge in [-0.15, -0.1) is 0 Å². The van der Waals surface area contributed by atoms with Crippen molar-refractivity contribution in [3.63, 3.8) is 0 Å². The van der Waals surface area contributed by atoms with E-state index in [2.05, 4.69) is 39.5 Å². The third-order valence-electron chi connectivity index (χ3n) is 5.96. The fraction of sp³-hybridized carbons (Fsp3) is 0.522. The fourth-order valence-corrected chi connectivity index (χ4v) is 3.73. The number of ether oxygens (including phenoxy) is 1. The second-order valence-electron chi connectivity index (χ2n) is 8.17. The van der Waals surface area contributed by atoms with Crippen LogP contribution in [-0.2, 0) is 11.2 Å². The van der Waals surface area contributed by atoms with Crippen LogP contribution in [0.15, 0.2) is 36.4 Å². The molecular formula is C23H31N5O2. The normalized spacial score (nSPS) is 16.8. The molecule has 0 bridgehead atoms. The molecule has 0 spiro atoms. The number of amides is 1. The molecule has 30 heavy (non-hydrogen) atoms. The van der Waals surface area contributed by atoms with Crippen molar-refractivity contribution in [1.82, 2.24) is 15.3 Å².